The number of benzene rings is 2. The van der Waals surface area contributed by atoms with Gasteiger partial charge >= 0.3 is 12.1 Å². The van der Waals surface area contributed by atoms with Crippen molar-refractivity contribution < 1.29 is 24.2 Å². The monoisotopic (exact) mass is 476 g/mol. The second-order valence-corrected chi connectivity index (χ2v) is 9.97. The Bertz CT molecular complexity index is 1070. The lowest BCUT2D eigenvalue weighted by Gasteiger charge is -2.38. The molecule has 0 saturated carbocycles. The lowest BCUT2D eigenvalue weighted by atomic mass is 9.90. The molecule has 2 amide bonds. The van der Waals surface area contributed by atoms with E-state index in [1.54, 1.807) is 0 Å². The Balaban J connectivity index is 1.17. The predicted octanol–water partition coefficient (Wildman–Crippen LogP) is 4.55. The summed E-state index contributed by atoms with van der Waals surface area (Å²) in [6, 6.07) is 16.1. The van der Waals surface area contributed by atoms with Crippen molar-refractivity contribution in [1.29, 1.82) is 0 Å². The second kappa shape index (κ2) is 9.72. The molecular formula is C28H32N2O5. The number of carbonyl (C=O) groups is 3. The molecule has 1 aliphatic carbocycles. The fourth-order valence-corrected chi connectivity index (χ4v) is 6.21. The van der Waals surface area contributed by atoms with Crippen LogP contribution in [0.4, 0.5) is 4.79 Å². The maximum atomic E-state index is 13.1. The first-order valence-corrected chi connectivity index (χ1v) is 12.6. The number of hydrogen-bond acceptors (Lipinski definition) is 4. The van der Waals surface area contributed by atoms with Crippen LogP contribution in [0.15, 0.2) is 48.5 Å². The summed E-state index contributed by atoms with van der Waals surface area (Å²) in [5.74, 6) is -1.15. The number of nitrogens with one attached hydrogen (secondary N) is 1. The molecule has 2 unspecified atom stereocenters. The number of ether oxygens (including phenoxy) is 1. The van der Waals surface area contributed by atoms with Crippen LogP contribution in [0, 0.1) is 5.92 Å². The molecule has 2 heterocycles. The average Bonchev–Trinajstić information content (AvgIpc) is 3.32. The zero-order chi connectivity index (χ0) is 24.5. The normalized spacial score (nSPS) is 23.3. The first kappa shape index (κ1) is 23.4. The van der Waals surface area contributed by atoms with Crippen LogP contribution in [0.3, 0.4) is 0 Å². The number of carbonyl (C=O) groups excluding carboxylic acids is 2. The summed E-state index contributed by atoms with van der Waals surface area (Å²) in [4.78, 5) is 39.1. The van der Waals surface area contributed by atoms with E-state index in [0.717, 1.165) is 24.0 Å². The van der Waals surface area contributed by atoms with Crippen LogP contribution in [0.25, 0.3) is 11.1 Å². The molecule has 2 saturated heterocycles. The molecule has 3 aliphatic rings. The van der Waals surface area contributed by atoms with Crippen LogP contribution in [0.1, 0.15) is 62.5 Å². The Morgan fingerprint density at radius 1 is 1.00 bits per heavy atom. The van der Waals surface area contributed by atoms with Crippen LogP contribution >= 0.6 is 0 Å². The lowest BCUT2D eigenvalue weighted by molar-refractivity contribution is -0.148. The SMILES string of the molecule is CC[C@@H](CC(=O)N1C2CCC1CC(C(=O)O)C2)NC(=O)OCC1c2ccccc2-c2ccccc21. The molecule has 2 aromatic rings. The standard InChI is InChI=1S/C28H32N2O5/c1-2-18(15-26(31)30-19-11-12-20(30)14-17(13-19)27(32)33)29-28(34)35-16-25-23-9-5-3-7-21(23)22-8-4-6-10-24(22)25/h3-10,17-20,25H,2,11-16H2,1H3,(H,29,34)(H,32,33)/t17?,18-,19?,20?/m0/s1. The minimum Gasteiger partial charge on any atom is -0.481 e. The molecule has 2 aromatic carbocycles. The van der Waals surface area contributed by atoms with E-state index in [-0.39, 0.29) is 48.9 Å². The summed E-state index contributed by atoms with van der Waals surface area (Å²) >= 11 is 0. The first-order valence-electron chi connectivity index (χ1n) is 12.6. The van der Waals surface area contributed by atoms with Crippen LogP contribution in [-0.2, 0) is 14.3 Å². The van der Waals surface area contributed by atoms with Gasteiger partial charge < -0.3 is 20.1 Å². The van der Waals surface area contributed by atoms with Gasteiger partial charge in [-0.15, -0.1) is 0 Å². The number of fused-ring (bicyclic) bond motifs is 5. The molecule has 3 atom stereocenters. The minimum absolute atomic E-state index is 0.00527. The molecule has 5 rings (SSSR count). The minimum atomic E-state index is -0.766. The number of aliphatic carboxylic acids is 1. The first-order chi connectivity index (χ1) is 17.0. The van der Waals surface area contributed by atoms with Crippen molar-refractivity contribution in [3.05, 3.63) is 59.7 Å². The van der Waals surface area contributed by atoms with E-state index in [1.807, 2.05) is 36.1 Å². The largest absolute Gasteiger partial charge is 0.481 e. The van der Waals surface area contributed by atoms with Crippen LogP contribution < -0.4 is 5.32 Å². The Morgan fingerprint density at radius 2 is 1.57 bits per heavy atom. The van der Waals surface area contributed by atoms with Crippen LogP contribution in [-0.4, -0.2) is 52.7 Å². The molecule has 2 aliphatic heterocycles. The quantitative estimate of drug-likeness (QED) is 0.611. The van der Waals surface area contributed by atoms with Crippen molar-refractivity contribution in [2.45, 2.75) is 69.5 Å². The molecule has 2 bridgehead atoms. The van der Waals surface area contributed by atoms with E-state index in [2.05, 4.69) is 29.6 Å². The van der Waals surface area contributed by atoms with Gasteiger partial charge in [-0.25, -0.2) is 4.79 Å². The predicted molar refractivity (Wildman–Crippen MR) is 131 cm³/mol. The molecule has 7 heteroatoms. The number of nitrogens with zero attached hydrogens (tertiary/aromatic N) is 1. The van der Waals surface area contributed by atoms with Gasteiger partial charge in [-0.2, -0.15) is 0 Å². The topological polar surface area (TPSA) is 95.9 Å². The van der Waals surface area contributed by atoms with Crippen LogP contribution in [0.5, 0.6) is 0 Å². The molecule has 0 radical (unpaired) electrons. The van der Waals surface area contributed by atoms with Crippen molar-refractivity contribution in [3.63, 3.8) is 0 Å². The molecule has 0 aromatic heterocycles. The molecule has 35 heavy (non-hydrogen) atoms. The van der Waals surface area contributed by atoms with Gasteiger partial charge in [0, 0.05) is 30.5 Å². The number of hydrogen-bond donors (Lipinski definition) is 2. The summed E-state index contributed by atoms with van der Waals surface area (Å²) < 4.78 is 5.65. The number of carboxylic acid groups (broad SMARTS) is 1. The highest BCUT2D eigenvalue weighted by Crippen LogP contribution is 2.44. The molecule has 7 nitrogen and oxygen atoms in total. The van der Waals surface area contributed by atoms with Gasteiger partial charge in [0.2, 0.25) is 5.91 Å². The van der Waals surface area contributed by atoms with Gasteiger partial charge in [-0.1, -0.05) is 55.5 Å². The summed E-state index contributed by atoms with van der Waals surface area (Å²) in [6.07, 6.45) is 3.05. The van der Waals surface area contributed by atoms with E-state index in [9.17, 15) is 19.5 Å². The van der Waals surface area contributed by atoms with E-state index in [4.69, 9.17) is 4.74 Å². The zero-order valence-corrected chi connectivity index (χ0v) is 20.0. The van der Waals surface area contributed by atoms with Crippen molar-refractivity contribution in [2.75, 3.05) is 6.61 Å². The van der Waals surface area contributed by atoms with E-state index in [0.29, 0.717) is 19.3 Å². The Hall–Kier alpha value is -3.35. The Kier molecular flexibility index (Phi) is 6.50. The van der Waals surface area contributed by atoms with Gasteiger partial charge in [0.05, 0.1) is 5.92 Å². The third-order valence-corrected chi connectivity index (χ3v) is 7.95. The molecule has 2 fully saturated rings. The highest BCUT2D eigenvalue weighted by Gasteiger charge is 2.45. The smallest absolute Gasteiger partial charge is 0.407 e. The lowest BCUT2D eigenvalue weighted by Crippen LogP contribution is -2.50. The van der Waals surface area contributed by atoms with Gasteiger partial charge in [0.25, 0.3) is 0 Å². The highest BCUT2D eigenvalue weighted by atomic mass is 16.5. The summed E-state index contributed by atoms with van der Waals surface area (Å²) in [6.45, 7) is 2.17. The maximum Gasteiger partial charge on any atom is 0.407 e. The van der Waals surface area contributed by atoms with Crippen molar-refractivity contribution in [2.24, 2.45) is 5.92 Å². The van der Waals surface area contributed by atoms with Crippen LogP contribution in [0.2, 0.25) is 0 Å². The molecule has 184 valence electrons. The summed E-state index contributed by atoms with van der Waals surface area (Å²) in [5.41, 5.74) is 4.67. The molecule has 2 N–H and O–H groups in total. The summed E-state index contributed by atoms with van der Waals surface area (Å²) in [7, 11) is 0. The summed E-state index contributed by atoms with van der Waals surface area (Å²) in [5, 5.41) is 12.3. The van der Waals surface area contributed by atoms with Crippen molar-refractivity contribution in [1.82, 2.24) is 10.2 Å². The number of amides is 2. The van der Waals surface area contributed by atoms with E-state index < -0.39 is 12.1 Å². The number of piperidine rings is 1. The van der Waals surface area contributed by atoms with E-state index in [1.165, 1.54) is 11.1 Å². The van der Waals surface area contributed by atoms with Crippen molar-refractivity contribution >= 4 is 18.0 Å². The Labute approximate surface area is 205 Å². The maximum absolute atomic E-state index is 13.1. The highest BCUT2D eigenvalue weighted by molar-refractivity contribution is 5.80. The fourth-order valence-electron chi connectivity index (χ4n) is 6.21. The third kappa shape index (κ3) is 4.51. The second-order valence-electron chi connectivity index (χ2n) is 9.97. The number of alkyl carbamates (subject to hydrolysis) is 1. The molecule has 0 spiro atoms. The van der Waals surface area contributed by atoms with Gasteiger partial charge in [-0.3, -0.25) is 9.59 Å². The van der Waals surface area contributed by atoms with Gasteiger partial charge in [-0.05, 0) is 54.4 Å². The van der Waals surface area contributed by atoms with E-state index >= 15 is 0 Å². The zero-order valence-electron chi connectivity index (χ0n) is 20.0. The van der Waals surface area contributed by atoms with Gasteiger partial charge in [0.15, 0.2) is 0 Å². The van der Waals surface area contributed by atoms with Gasteiger partial charge in [0.1, 0.15) is 6.61 Å². The van der Waals surface area contributed by atoms with Crippen molar-refractivity contribution in [3.8, 4) is 11.1 Å². The fraction of sp³-hybridized carbons (Fsp3) is 0.464. The third-order valence-electron chi connectivity index (χ3n) is 7.95. The number of rotatable bonds is 7. The number of carboxylic acids is 1. The average molecular weight is 477 g/mol. The molecular weight excluding hydrogens is 444 g/mol. The Morgan fingerprint density at radius 3 is 2.11 bits per heavy atom.